The predicted octanol–water partition coefficient (Wildman–Crippen LogP) is 2.25. The van der Waals surface area contributed by atoms with Crippen molar-refractivity contribution in [2.75, 3.05) is 33.3 Å². The Morgan fingerprint density at radius 1 is 1.11 bits per heavy atom. The molecule has 2 aromatic carbocycles. The number of amides is 1. The second-order valence-electron chi connectivity index (χ2n) is 7.32. The van der Waals surface area contributed by atoms with E-state index in [4.69, 9.17) is 4.74 Å². The fourth-order valence-electron chi connectivity index (χ4n) is 3.58. The van der Waals surface area contributed by atoms with E-state index >= 15 is 0 Å². The number of quaternary nitrogens is 1. The van der Waals surface area contributed by atoms with Crippen LogP contribution in [0.2, 0.25) is 0 Å². The molecule has 4 heteroatoms. The molecule has 0 aromatic heterocycles. The fraction of sp³-hybridized carbons (Fsp3) is 0.348. The topological polar surface area (TPSA) is 34.0 Å². The highest BCUT2D eigenvalue weighted by Gasteiger charge is 2.22. The van der Waals surface area contributed by atoms with Gasteiger partial charge < -0.3 is 14.5 Å². The van der Waals surface area contributed by atoms with Crippen LogP contribution in [0.1, 0.15) is 22.3 Å². The van der Waals surface area contributed by atoms with Gasteiger partial charge in [-0.15, -0.1) is 0 Å². The molecule has 0 spiro atoms. The van der Waals surface area contributed by atoms with Crippen LogP contribution in [-0.4, -0.2) is 44.1 Å². The predicted molar refractivity (Wildman–Crippen MR) is 109 cm³/mol. The summed E-state index contributed by atoms with van der Waals surface area (Å²) in [6, 6.07) is 14.7. The average Bonchev–Trinajstić information content (AvgIpc) is 2.67. The number of piperazine rings is 1. The van der Waals surface area contributed by atoms with Gasteiger partial charge in [0.25, 0.3) is 0 Å². The van der Waals surface area contributed by atoms with Crippen molar-refractivity contribution in [2.45, 2.75) is 20.4 Å². The molecule has 2 aromatic rings. The Kier molecular flexibility index (Phi) is 6.30. The maximum atomic E-state index is 12.6. The zero-order chi connectivity index (χ0) is 19.2. The molecular formula is C23H29N2O2+. The number of nitrogens with zero attached hydrogens (tertiary/aromatic N) is 1. The van der Waals surface area contributed by atoms with E-state index in [2.05, 4.69) is 31.2 Å². The Labute approximate surface area is 162 Å². The highest BCUT2D eigenvalue weighted by molar-refractivity contribution is 5.92. The summed E-state index contributed by atoms with van der Waals surface area (Å²) in [5.41, 5.74) is 4.76. The third-order valence-electron chi connectivity index (χ3n) is 5.11. The smallest absolute Gasteiger partial charge is 0.246 e. The summed E-state index contributed by atoms with van der Waals surface area (Å²) in [5.74, 6) is 0.866. The van der Waals surface area contributed by atoms with Gasteiger partial charge in [0.2, 0.25) is 5.91 Å². The second kappa shape index (κ2) is 8.87. The van der Waals surface area contributed by atoms with E-state index in [0.717, 1.165) is 49.6 Å². The van der Waals surface area contributed by atoms with Crippen molar-refractivity contribution in [1.29, 1.82) is 0 Å². The third kappa shape index (κ3) is 5.20. The number of hydrogen-bond donors (Lipinski definition) is 1. The zero-order valence-corrected chi connectivity index (χ0v) is 16.5. The van der Waals surface area contributed by atoms with Crippen LogP contribution in [0.5, 0.6) is 5.75 Å². The van der Waals surface area contributed by atoms with Crippen molar-refractivity contribution in [2.24, 2.45) is 0 Å². The van der Waals surface area contributed by atoms with E-state index in [-0.39, 0.29) is 5.91 Å². The van der Waals surface area contributed by atoms with Gasteiger partial charge in [-0.2, -0.15) is 0 Å². The van der Waals surface area contributed by atoms with Crippen molar-refractivity contribution in [3.63, 3.8) is 0 Å². The maximum Gasteiger partial charge on any atom is 0.246 e. The molecule has 1 heterocycles. The van der Waals surface area contributed by atoms with Gasteiger partial charge in [0.05, 0.1) is 33.3 Å². The Morgan fingerprint density at radius 2 is 1.85 bits per heavy atom. The molecule has 0 unspecified atom stereocenters. The van der Waals surface area contributed by atoms with Gasteiger partial charge in [-0.3, -0.25) is 4.79 Å². The molecule has 0 atom stereocenters. The Hall–Kier alpha value is -2.59. The van der Waals surface area contributed by atoms with Crippen molar-refractivity contribution in [1.82, 2.24) is 4.90 Å². The molecular weight excluding hydrogens is 336 g/mol. The number of nitrogens with one attached hydrogen (secondary N) is 1. The molecule has 142 valence electrons. The molecule has 0 aliphatic carbocycles. The van der Waals surface area contributed by atoms with Gasteiger partial charge in [-0.25, -0.2) is 0 Å². The SMILES string of the molecule is COc1ccc(C)cc1/C=C/C(=O)N1CC[NH+](Cc2cccc(C)c2)CC1. The standard InChI is InChI=1S/C23H28N2O2/c1-18-5-4-6-20(15-18)17-24-11-13-25(14-12-24)23(26)10-8-21-16-19(2)7-9-22(21)27-3/h4-10,15-16H,11-14,17H2,1-3H3/p+1/b10-8+. The third-order valence-corrected chi connectivity index (χ3v) is 5.11. The van der Waals surface area contributed by atoms with E-state index < -0.39 is 0 Å². The van der Waals surface area contributed by atoms with E-state index in [1.54, 1.807) is 13.2 Å². The number of carbonyl (C=O) groups is 1. The molecule has 0 radical (unpaired) electrons. The van der Waals surface area contributed by atoms with Crippen LogP contribution < -0.4 is 9.64 Å². The van der Waals surface area contributed by atoms with Crippen LogP contribution in [0.3, 0.4) is 0 Å². The zero-order valence-electron chi connectivity index (χ0n) is 16.5. The van der Waals surface area contributed by atoms with Crippen molar-refractivity contribution in [3.8, 4) is 5.75 Å². The molecule has 0 bridgehead atoms. The Bertz CT molecular complexity index is 821. The molecule has 1 fully saturated rings. The number of ether oxygens (including phenoxy) is 1. The first-order chi connectivity index (χ1) is 13.0. The quantitative estimate of drug-likeness (QED) is 0.825. The maximum absolute atomic E-state index is 12.6. The summed E-state index contributed by atoms with van der Waals surface area (Å²) in [6.45, 7) is 8.77. The van der Waals surface area contributed by atoms with E-state index in [1.165, 1.54) is 16.0 Å². The summed E-state index contributed by atoms with van der Waals surface area (Å²) < 4.78 is 5.38. The second-order valence-corrected chi connectivity index (χ2v) is 7.32. The van der Waals surface area contributed by atoms with Crippen LogP contribution in [0, 0.1) is 13.8 Å². The van der Waals surface area contributed by atoms with E-state index in [0.29, 0.717) is 0 Å². The van der Waals surface area contributed by atoms with Gasteiger partial charge in [0.1, 0.15) is 12.3 Å². The lowest BCUT2D eigenvalue weighted by Gasteiger charge is -2.31. The monoisotopic (exact) mass is 365 g/mol. The highest BCUT2D eigenvalue weighted by atomic mass is 16.5. The molecule has 1 aliphatic heterocycles. The molecule has 1 aliphatic rings. The van der Waals surface area contributed by atoms with Crippen molar-refractivity contribution >= 4 is 12.0 Å². The number of benzene rings is 2. The minimum atomic E-state index is 0.0770. The average molecular weight is 365 g/mol. The summed E-state index contributed by atoms with van der Waals surface area (Å²) in [4.78, 5) is 16.0. The minimum absolute atomic E-state index is 0.0770. The van der Waals surface area contributed by atoms with Crippen LogP contribution >= 0.6 is 0 Å². The molecule has 1 saturated heterocycles. The van der Waals surface area contributed by atoms with Crippen LogP contribution in [0.4, 0.5) is 0 Å². The molecule has 27 heavy (non-hydrogen) atoms. The van der Waals surface area contributed by atoms with Crippen LogP contribution in [0.25, 0.3) is 6.08 Å². The van der Waals surface area contributed by atoms with E-state index in [9.17, 15) is 4.79 Å². The number of rotatable bonds is 5. The first kappa shape index (κ1) is 19.2. The minimum Gasteiger partial charge on any atom is -0.496 e. The summed E-state index contributed by atoms with van der Waals surface area (Å²) in [5, 5.41) is 0. The first-order valence-corrected chi connectivity index (χ1v) is 9.56. The van der Waals surface area contributed by atoms with Gasteiger partial charge in [-0.05, 0) is 32.1 Å². The number of hydrogen-bond acceptors (Lipinski definition) is 2. The molecule has 1 N–H and O–H groups in total. The highest BCUT2D eigenvalue weighted by Crippen LogP contribution is 2.21. The lowest BCUT2D eigenvalue weighted by Crippen LogP contribution is -3.13. The van der Waals surface area contributed by atoms with E-state index in [1.807, 2.05) is 36.1 Å². The Balaban J connectivity index is 1.55. The molecule has 0 saturated carbocycles. The first-order valence-electron chi connectivity index (χ1n) is 9.56. The number of aryl methyl sites for hydroxylation is 2. The van der Waals surface area contributed by atoms with Crippen LogP contribution in [-0.2, 0) is 11.3 Å². The van der Waals surface area contributed by atoms with Crippen LogP contribution in [0.15, 0.2) is 48.5 Å². The largest absolute Gasteiger partial charge is 0.496 e. The summed E-state index contributed by atoms with van der Waals surface area (Å²) >= 11 is 0. The van der Waals surface area contributed by atoms with Gasteiger partial charge in [-0.1, -0.05) is 41.5 Å². The molecule has 3 rings (SSSR count). The Morgan fingerprint density at radius 3 is 2.56 bits per heavy atom. The lowest BCUT2D eigenvalue weighted by molar-refractivity contribution is -0.917. The summed E-state index contributed by atoms with van der Waals surface area (Å²) in [7, 11) is 1.65. The van der Waals surface area contributed by atoms with Crippen molar-refractivity contribution in [3.05, 3.63) is 70.8 Å². The normalized spacial score (nSPS) is 15.3. The van der Waals surface area contributed by atoms with Gasteiger partial charge in [0.15, 0.2) is 0 Å². The lowest BCUT2D eigenvalue weighted by atomic mass is 10.1. The van der Waals surface area contributed by atoms with Gasteiger partial charge in [0, 0.05) is 17.2 Å². The van der Waals surface area contributed by atoms with Gasteiger partial charge >= 0.3 is 0 Å². The molecule has 1 amide bonds. The molecule has 4 nitrogen and oxygen atoms in total. The fourth-order valence-corrected chi connectivity index (χ4v) is 3.58. The van der Waals surface area contributed by atoms with Crippen molar-refractivity contribution < 1.29 is 14.4 Å². The number of carbonyl (C=O) groups excluding carboxylic acids is 1. The number of methoxy groups -OCH3 is 1. The summed E-state index contributed by atoms with van der Waals surface area (Å²) in [6.07, 6.45) is 3.53.